The number of nitrogens with zero attached hydrogens (tertiary/aromatic N) is 1. The lowest BCUT2D eigenvalue weighted by Gasteiger charge is -2.11. The molecule has 0 bridgehead atoms. The van der Waals surface area contributed by atoms with E-state index >= 15 is 0 Å². The summed E-state index contributed by atoms with van der Waals surface area (Å²) in [6, 6.07) is 1.73. The van der Waals surface area contributed by atoms with Crippen LogP contribution in [0.25, 0.3) is 0 Å². The molecule has 0 aromatic carbocycles. The van der Waals surface area contributed by atoms with E-state index < -0.39 is 17.3 Å². The molecule has 0 saturated heterocycles. The Labute approximate surface area is 109 Å². The van der Waals surface area contributed by atoms with E-state index in [1.54, 1.807) is 7.11 Å². The monoisotopic (exact) mass is 278 g/mol. The van der Waals surface area contributed by atoms with Crippen molar-refractivity contribution < 1.29 is 17.9 Å². The third-order valence-electron chi connectivity index (χ3n) is 2.54. The Hall–Kier alpha value is -1.34. The molecule has 1 aromatic heterocycles. The summed E-state index contributed by atoms with van der Waals surface area (Å²) < 4.78 is 43.4. The minimum absolute atomic E-state index is 0.204. The molecule has 19 heavy (non-hydrogen) atoms. The number of hydrogen-bond donors (Lipinski definition) is 1. The van der Waals surface area contributed by atoms with Crippen LogP contribution in [0.5, 0.6) is 0 Å². The van der Waals surface area contributed by atoms with Crippen LogP contribution in [0.4, 0.5) is 13.2 Å². The molecule has 0 fully saturated rings. The van der Waals surface area contributed by atoms with Gasteiger partial charge in [-0.2, -0.15) is 13.2 Å². The van der Waals surface area contributed by atoms with Crippen LogP contribution in [0, 0.1) is 0 Å². The zero-order valence-electron chi connectivity index (χ0n) is 10.7. The Morgan fingerprint density at radius 3 is 2.68 bits per heavy atom. The second kappa shape index (κ2) is 7.30. The van der Waals surface area contributed by atoms with Crippen molar-refractivity contribution in [2.75, 3.05) is 26.8 Å². The molecule has 0 spiro atoms. The molecule has 0 saturated carbocycles. The van der Waals surface area contributed by atoms with Gasteiger partial charge in [0.15, 0.2) is 0 Å². The van der Waals surface area contributed by atoms with Crippen molar-refractivity contribution in [1.82, 2.24) is 9.88 Å². The van der Waals surface area contributed by atoms with Gasteiger partial charge < -0.3 is 14.6 Å². The average Bonchev–Trinajstić information content (AvgIpc) is 2.34. The van der Waals surface area contributed by atoms with Crippen molar-refractivity contribution in [3.8, 4) is 0 Å². The van der Waals surface area contributed by atoms with Crippen LogP contribution in [0.1, 0.15) is 12.0 Å². The van der Waals surface area contributed by atoms with Gasteiger partial charge in [0.05, 0.1) is 5.56 Å². The van der Waals surface area contributed by atoms with Gasteiger partial charge in [-0.25, -0.2) is 0 Å². The van der Waals surface area contributed by atoms with Gasteiger partial charge in [-0.15, -0.1) is 0 Å². The normalized spacial score (nSPS) is 11.8. The molecular formula is C12H17F3N2O2. The molecule has 0 aliphatic heterocycles. The van der Waals surface area contributed by atoms with E-state index in [9.17, 15) is 18.0 Å². The van der Waals surface area contributed by atoms with Crippen molar-refractivity contribution in [2.24, 2.45) is 0 Å². The largest absolute Gasteiger partial charge is 0.417 e. The molecule has 4 nitrogen and oxygen atoms in total. The van der Waals surface area contributed by atoms with Crippen molar-refractivity contribution in [3.63, 3.8) is 0 Å². The molecule has 7 heteroatoms. The lowest BCUT2D eigenvalue weighted by atomic mass is 10.3. The summed E-state index contributed by atoms with van der Waals surface area (Å²) in [5.74, 6) is 0. The second-order valence-corrected chi connectivity index (χ2v) is 4.04. The maximum Gasteiger partial charge on any atom is 0.417 e. The van der Waals surface area contributed by atoms with Crippen molar-refractivity contribution in [3.05, 3.63) is 34.2 Å². The first-order valence-corrected chi connectivity index (χ1v) is 5.92. The van der Waals surface area contributed by atoms with Crippen LogP contribution < -0.4 is 10.9 Å². The van der Waals surface area contributed by atoms with Crippen LogP contribution in [-0.2, 0) is 17.5 Å². The molecule has 1 heterocycles. The number of ether oxygens (including phenoxy) is 1. The smallest absolute Gasteiger partial charge is 0.385 e. The molecule has 1 N–H and O–H groups in total. The summed E-state index contributed by atoms with van der Waals surface area (Å²) >= 11 is 0. The van der Waals surface area contributed by atoms with Gasteiger partial charge in [0.25, 0.3) is 5.56 Å². The van der Waals surface area contributed by atoms with E-state index in [0.29, 0.717) is 19.7 Å². The lowest BCUT2D eigenvalue weighted by Crippen LogP contribution is -2.28. The Kier molecular flexibility index (Phi) is 6.04. The second-order valence-electron chi connectivity index (χ2n) is 4.04. The highest BCUT2D eigenvalue weighted by molar-refractivity contribution is 5.13. The number of pyridine rings is 1. The number of aromatic nitrogens is 1. The van der Waals surface area contributed by atoms with Gasteiger partial charge in [-0.05, 0) is 19.0 Å². The summed E-state index contributed by atoms with van der Waals surface area (Å²) in [6.07, 6.45) is -2.77. The predicted molar refractivity (Wildman–Crippen MR) is 65.1 cm³/mol. The Morgan fingerprint density at radius 1 is 1.32 bits per heavy atom. The predicted octanol–water partition coefficient (Wildman–Crippen LogP) is 1.49. The third-order valence-corrected chi connectivity index (χ3v) is 2.54. The quantitative estimate of drug-likeness (QED) is 0.769. The van der Waals surface area contributed by atoms with Crippen LogP contribution >= 0.6 is 0 Å². The SMILES string of the molecule is COCCCNCCn1cc(C(F)(F)F)ccc1=O. The Balaban J connectivity index is 2.51. The summed E-state index contributed by atoms with van der Waals surface area (Å²) in [5, 5.41) is 3.03. The van der Waals surface area contributed by atoms with E-state index in [1.807, 2.05) is 0 Å². The molecule has 1 rings (SSSR count). The van der Waals surface area contributed by atoms with Crippen LogP contribution in [0.3, 0.4) is 0 Å². The van der Waals surface area contributed by atoms with E-state index in [2.05, 4.69) is 5.32 Å². The highest BCUT2D eigenvalue weighted by Gasteiger charge is 2.30. The van der Waals surface area contributed by atoms with E-state index in [1.165, 1.54) is 0 Å². The molecule has 108 valence electrons. The number of halogens is 3. The van der Waals surface area contributed by atoms with Gasteiger partial charge in [-0.1, -0.05) is 0 Å². The first-order chi connectivity index (χ1) is 8.95. The van der Waals surface area contributed by atoms with Gasteiger partial charge in [0.2, 0.25) is 0 Å². The summed E-state index contributed by atoms with van der Waals surface area (Å²) in [6.45, 7) is 1.96. The summed E-state index contributed by atoms with van der Waals surface area (Å²) in [7, 11) is 1.60. The van der Waals surface area contributed by atoms with Gasteiger partial charge in [0.1, 0.15) is 0 Å². The Morgan fingerprint density at radius 2 is 2.05 bits per heavy atom. The fraction of sp³-hybridized carbons (Fsp3) is 0.583. The van der Waals surface area contributed by atoms with Crippen molar-refractivity contribution in [2.45, 2.75) is 19.1 Å². The van der Waals surface area contributed by atoms with Crippen LogP contribution in [0.15, 0.2) is 23.1 Å². The summed E-state index contributed by atoms with van der Waals surface area (Å²) in [4.78, 5) is 11.4. The van der Waals surface area contributed by atoms with E-state index in [4.69, 9.17) is 4.74 Å². The van der Waals surface area contributed by atoms with Crippen LogP contribution in [0.2, 0.25) is 0 Å². The molecule has 0 atom stereocenters. The molecule has 0 unspecified atom stereocenters. The third kappa shape index (κ3) is 5.44. The maximum atomic E-state index is 12.5. The van der Waals surface area contributed by atoms with Crippen molar-refractivity contribution >= 4 is 0 Å². The molecular weight excluding hydrogens is 261 g/mol. The topological polar surface area (TPSA) is 43.3 Å². The number of methoxy groups -OCH3 is 1. The minimum atomic E-state index is -4.43. The van der Waals surface area contributed by atoms with Crippen LogP contribution in [-0.4, -0.2) is 31.4 Å². The molecule has 0 amide bonds. The lowest BCUT2D eigenvalue weighted by molar-refractivity contribution is -0.138. The highest BCUT2D eigenvalue weighted by atomic mass is 19.4. The fourth-order valence-electron chi connectivity index (χ4n) is 1.54. The first kappa shape index (κ1) is 15.7. The highest BCUT2D eigenvalue weighted by Crippen LogP contribution is 2.27. The maximum absolute atomic E-state index is 12.5. The number of nitrogens with one attached hydrogen (secondary N) is 1. The number of hydrogen-bond acceptors (Lipinski definition) is 3. The molecule has 0 aliphatic rings. The fourth-order valence-corrected chi connectivity index (χ4v) is 1.54. The minimum Gasteiger partial charge on any atom is -0.385 e. The first-order valence-electron chi connectivity index (χ1n) is 5.92. The Bertz CT molecular complexity index is 443. The zero-order chi connectivity index (χ0) is 14.3. The van der Waals surface area contributed by atoms with Gasteiger partial charge in [0, 0.05) is 39.1 Å². The van der Waals surface area contributed by atoms with Gasteiger partial charge >= 0.3 is 6.18 Å². The summed E-state index contributed by atoms with van der Waals surface area (Å²) in [5.41, 5.74) is -1.25. The number of rotatable bonds is 7. The standard InChI is InChI=1S/C12H17F3N2O2/c1-19-8-2-5-16-6-7-17-9-10(12(13,14)15)3-4-11(17)18/h3-4,9,16H,2,5-8H2,1H3. The number of alkyl halides is 3. The zero-order valence-corrected chi connectivity index (χ0v) is 10.7. The molecule has 0 radical (unpaired) electrons. The molecule has 1 aromatic rings. The van der Waals surface area contributed by atoms with E-state index in [0.717, 1.165) is 29.3 Å². The molecule has 0 aliphatic carbocycles. The van der Waals surface area contributed by atoms with E-state index in [-0.39, 0.29) is 6.54 Å². The van der Waals surface area contributed by atoms with Gasteiger partial charge in [-0.3, -0.25) is 4.79 Å². The average molecular weight is 278 g/mol. The van der Waals surface area contributed by atoms with Crippen molar-refractivity contribution in [1.29, 1.82) is 0 Å².